The van der Waals surface area contributed by atoms with Gasteiger partial charge in [-0.25, -0.2) is 14.8 Å². The molecule has 0 amide bonds. The highest BCUT2D eigenvalue weighted by Gasteiger charge is 2.35. The third kappa shape index (κ3) is 6.15. The monoisotopic (exact) mass is 529 g/mol. The van der Waals surface area contributed by atoms with Gasteiger partial charge in [0.1, 0.15) is 17.5 Å². The molecule has 3 aromatic rings. The molecule has 1 aliphatic carbocycles. The van der Waals surface area contributed by atoms with Crippen LogP contribution in [-0.2, 0) is 4.74 Å². The number of halogens is 1. The van der Waals surface area contributed by atoms with Gasteiger partial charge in [0, 0.05) is 23.9 Å². The van der Waals surface area contributed by atoms with E-state index in [0.717, 1.165) is 18.4 Å². The van der Waals surface area contributed by atoms with Gasteiger partial charge < -0.3 is 24.1 Å². The van der Waals surface area contributed by atoms with Gasteiger partial charge in [-0.15, -0.1) is 0 Å². The van der Waals surface area contributed by atoms with Gasteiger partial charge >= 0.3 is 6.16 Å². The van der Waals surface area contributed by atoms with Crippen molar-refractivity contribution in [2.24, 2.45) is 5.92 Å². The van der Waals surface area contributed by atoms with Crippen LogP contribution in [-0.4, -0.2) is 39.3 Å². The number of ether oxygens (including phenoxy) is 3. The molecular weight excluding hydrogens is 506 g/mol. The van der Waals surface area contributed by atoms with Crippen LogP contribution in [0.4, 0.5) is 22.0 Å². The van der Waals surface area contributed by atoms with E-state index in [-0.39, 0.29) is 34.9 Å². The van der Waals surface area contributed by atoms with Crippen LogP contribution in [0, 0.1) is 29.9 Å². The molecule has 0 radical (unpaired) electrons. The summed E-state index contributed by atoms with van der Waals surface area (Å²) in [6.45, 7) is 3.46. The molecule has 13 heteroatoms. The summed E-state index contributed by atoms with van der Waals surface area (Å²) in [5.74, 6) is 0.669. The van der Waals surface area contributed by atoms with E-state index in [4.69, 9.17) is 25.8 Å². The third-order valence-electron chi connectivity index (χ3n) is 5.85. The Kier molecular flexibility index (Phi) is 7.58. The number of carbonyl (C=O) groups is 1. The molecule has 0 saturated heterocycles. The first-order valence-corrected chi connectivity index (χ1v) is 11.7. The van der Waals surface area contributed by atoms with Crippen molar-refractivity contribution in [3.63, 3.8) is 0 Å². The molecule has 1 aromatic carbocycles. The Bertz CT molecular complexity index is 1390. The number of hydrogen-bond acceptors (Lipinski definition) is 10. The number of nitro benzene ring substituents is 1. The largest absolute Gasteiger partial charge is 0.513 e. The Morgan fingerprint density at radius 2 is 1.97 bits per heavy atom. The third-order valence-corrected chi connectivity index (χ3v) is 6.03. The fourth-order valence-electron chi connectivity index (χ4n) is 3.79. The standard InChI is InChI=1S/C24H24ClN5O7/c1-13-10-18(14(2)26-22(13)35-3)27-21-23(31)29(11-20(25)28-21)19(15-4-5-15)12-36-24(32)37-17-8-6-16(7-9-17)30(33)34/h6-11,15,19H,4-5,12H2,1-3H3,(H,27,28)/t19-/m0/s1. The highest BCUT2D eigenvalue weighted by Crippen LogP contribution is 2.40. The summed E-state index contributed by atoms with van der Waals surface area (Å²) in [5, 5.41) is 13.9. The zero-order valence-electron chi connectivity index (χ0n) is 20.3. The number of nitrogens with one attached hydrogen (secondary N) is 1. The molecule has 1 fully saturated rings. The van der Waals surface area contributed by atoms with E-state index >= 15 is 0 Å². The topological polar surface area (TPSA) is 148 Å². The van der Waals surface area contributed by atoms with Crippen molar-refractivity contribution >= 4 is 34.9 Å². The van der Waals surface area contributed by atoms with Crippen LogP contribution < -0.4 is 20.3 Å². The Balaban J connectivity index is 1.51. The van der Waals surface area contributed by atoms with Crippen LogP contribution >= 0.6 is 11.6 Å². The van der Waals surface area contributed by atoms with Gasteiger partial charge in [-0.05, 0) is 50.8 Å². The first-order chi connectivity index (χ1) is 17.7. The van der Waals surface area contributed by atoms with Crippen molar-refractivity contribution in [2.45, 2.75) is 32.7 Å². The Labute approximate surface area is 216 Å². The number of hydrogen-bond donors (Lipinski definition) is 1. The SMILES string of the molecule is COc1nc(C)c(Nc2nc(Cl)cn([C@@H](COC(=O)Oc3ccc([N+](=O)[O-])cc3)C3CC3)c2=O)cc1C. The molecule has 194 valence electrons. The smallest absolute Gasteiger partial charge is 0.481 e. The minimum atomic E-state index is -0.999. The molecule has 12 nitrogen and oxygen atoms in total. The molecule has 1 saturated carbocycles. The molecule has 1 aliphatic rings. The van der Waals surface area contributed by atoms with Crippen LogP contribution in [0.2, 0.25) is 5.15 Å². The minimum Gasteiger partial charge on any atom is -0.481 e. The number of rotatable bonds is 9. The average Bonchev–Trinajstić information content (AvgIpc) is 3.69. The maximum Gasteiger partial charge on any atom is 0.513 e. The second-order valence-corrected chi connectivity index (χ2v) is 8.90. The summed E-state index contributed by atoms with van der Waals surface area (Å²) < 4.78 is 17.0. The second-order valence-electron chi connectivity index (χ2n) is 8.52. The average molecular weight is 530 g/mol. The van der Waals surface area contributed by atoms with Crippen molar-refractivity contribution in [1.29, 1.82) is 0 Å². The lowest BCUT2D eigenvalue weighted by Gasteiger charge is -2.20. The predicted molar refractivity (Wildman–Crippen MR) is 134 cm³/mol. The molecular formula is C24H24ClN5O7. The number of aryl methyl sites for hydroxylation is 2. The van der Waals surface area contributed by atoms with Crippen molar-refractivity contribution in [3.8, 4) is 11.6 Å². The van der Waals surface area contributed by atoms with Gasteiger partial charge in [-0.1, -0.05) is 11.6 Å². The summed E-state index contributed by atoms with van der Waals surface area (Å²) in [4.78, 5) is 44.3. The molecule has 4 rings (SSSR count). The van der Waals surface area contributed by atoms with Crippen LogP contribution in [0.15, 0.2) is 41.3 Å². The van der Waals surface area contributed by atoms with Gasteiger partial charge in [0.05, 0.1) is 29.5 Å². The molecule has 0 bridgehead atoms. The predicted octanol–water partition coefficient (Wildman–Crippen LogP) is 4.74. The van der Waals surface area contributed by atoms with E-state index in [1.54, 1.807) is 13.0 Å². The fraction of sp³-hybridized carbons (Fsp3) is 0.333. The van der Waals surface area contributed by atoms with Gasteiger partial charge in [0.25, 0.3) is 11.2 Å². The highest BCUT2D eigenvalue weighted by molar-refractivity contribution is 6.29. The first-order valence-electron chi connectivity index (χ1n) is 11.3. The summed E-state index contributed by atoms with van der Waals surface area (Å²) in [7, 11) is 1.53. The molecule has 2 heterocycles. The van der Waals surface area contributed by atoms with E-state index in [1.807, 2.05) is 6.92 Å². The van der Waals surface area contributed by atoms with Gasteiger partial charge in [0.2, 0.25) is 5.88 Å². The number of nitro groups is 1. The van der Waals surface area contributed by atoms with Crippen LogP contribution in [0.5, 0.6) is 11.6 Å². The number of pyridine rings is 1. The molecule has 1 atom stereocenters. The molecule has 0 aliphatic heterocycles. The number of methoxy groups -OCH3 is 1. The lowest BCUT2D eigenvalue weighted by atomic mass is 10.2. The maximum absolute atomic E-state index is 13.3. The number of anilines is 2. The van der Waals surface area contributed by atoms with E-state index in [2.05, 4.69) is 15.3 Å². The van der Waals surface area contributed by atoms with Crippen LogP contribution in [0.25, 0.3) is 0 Å². The number of benzene rings is 1. The van der Waals surface area contributed by atoms with Gasteiger partial charge in [-0.3, -0.25) is 14.9 Å². The summed E-state index contributed by atoms with van der Waals surface area (Å²) in [5.41, 5.74) is 1.37. The van der Waals surface area contributed by atoms with Gasteiger partial charge in [-0.2, -0.15) is 0 Å². The van der Waals surface area contributed by atoms with Crippen molar-refractivity contribution in [2.75, 3.05) is 19.0 Å². The fourth-order valence-corrected chi connectivity index (χ4v) is 3.98. The molecule has 0 spiro atoms. The van der Waals surface area contributed by atoms with Crippen LogP contribution in [0.3, 0.4) is 0 Å². The number of aromatic nitrogens is 3. The molecule has 0 unspecified atom stereocenters. The lowest BCUT2D eigenvalue weighted by molar-refractivity contribution is -0.384. The zero-order valence-corrected chi connectivity index (χ0v) is 21.0. The Morgan fingerprint density at radius 1 is 1.27 bits per heavy atom. The molecule has 37 heavy (non-hydrogen) atoms. The first kappa shape index (κ1) is 25.9. The maximum atomic E-state index is 13.3. The number of nitrogens with zero attached hydrogens (tertiary/aromatic N) is 4. The molecule has 1 N–H and O–H groups in total. The highest BCUT2D eigenvalue weighted by atomic mass is 35.5. The van der Waals surface area contributed by atoms with E-state index in [1.165, 1.54) is 42.1 Å². The quantitative estimate of drug-likeness (QED) is 0.178. The van der Waals surface area contributed by atoms with E-state index in [0.29, 0.717) is 17.3 Å². The minimum absolute atomic E-state index is 0.000994. The summed E-state index contributed by atoms with van der Waals surface area (Å²) in [6.07, 6.45) is 2.11. The normalized spacial score (nSPS) is 13.5. The van der Waals surface area contributed by atoms with Crippen molar-refractivity contribution < 1.29 is 23.9 Å². The Hall–Kier alpha value is -4.19. The zero-order chi connectivity index (χ0) is 26.7. The van der Waals surface area contributed by atoms with Crippen LogP contribution in [0.1, 0.15) is 30.1 Å². The second kappa shape index (κ2) is 10.8. The number of carbonyl (C=O) groups excluding carboxylic acids is 1. The van der Waals surface area contributed by atoms with Gasteiger partial charge in [0.15, 0.2) is 5.82 Å². The summed E-state index contributed by atoms with van der Waals surface area (Å²) >= 11 is 6.25. The Morgan fingerprint density at radius 3 is 2.59 bits per heavy atom. The number of non-ortho nitro benzene ring substituents is 1. The summed E-state index contributed by atoms with van der Waals surface area (Å²) in [6, 6.07) is 6.31. The molecule has 2 aromatic heterocycles. The lowest BCUT2D eigenvalue weighted by Crippen LogP contribution is -2.32. The van der Waals surface area contributed by atoms with E-state index < -0.39 is 22.7 Å². The van der Waals surface area contributed by atoms with Crippen molar-refractivity contribution in [1.82, 2.24) is 14.5 Å². The van der Waals surface area contributed by atoms with Crippen molar-refractivity contribution in [3.05, 3.63) is 73.4 Å². The van der Waals surface area contributed by atoms with E-state index in [9.17, 15) is 19.7 Å².